The third-order valence-electron chi connectivity index (χ3n) is 3.44. The summed E-state index contributed by atoms with van der Waals surface area (Å²) in [5, 5.41) is 22.0. The van der Waals surface area contributed by atoms with E-state index in [1.807, 2.05) is 42.5 Å². The molecule has 0 unspecified atom stereocenters. The summed E-state index contributed by atoms with van der Waals surface area (Å²) in [5.41, 5.74) is 0.0800. The lowest BCUT2D eigenvalue weighted by Gasteiger charge is -2.31. The first-order valence-corrected chi connectivity index (χ1v) is 6.48. The zero-order valence-electron chi connectivity index (χ0n) is 10.3. The Morgan fingerprint density at radius 3 is 2.50 bits per heavy atom. The van der Waals surface area contributed by atoms with Crippen LogP contribution in [0.1, 0.15) is 18.6 Å². The van der Waals surface area contributed by atoms with Gasteiger partial charge in [-0.05, 0) is 16.3 Å². The second kappa shape index (κ2) is 5.27. The van der Waals surface area contributed by atoms with Crippen LogP contribution in [0.15, 0.2) is 42.5 Å². The van der Waals surface area contributed by atoms with Crippen molar-refractivity contribution in [3.05, 3.63) is 48.0 Å². The molecule has 0 aromatic heterocycles. The monoisotopic (exact) mass is 264 g/mol. The Bertz CT molecular complexity index is 530. The lowest BCUT2D eigenvalue weighted by Crippen LogP contribution is -2.31. The predicted octanol–water partition coefficient (Wildman–Crippen LogP) is 3.11. The number of halogens is 1. The molecule has 18 heavy (non-hydrogen) atoms. The molecule has 0 aliphatic heterocycles. The molecular weight excluding hydrogens is 248 g/mol. The van der Waals surface area contributed by atoms with E-state index >= 15 is 0 Å². The van der Waals surface area contributed by atoms with Gasteiger partial charge in [-0.2, -0.15) is 0 Å². The van der Waals surface area contributed by atoms with Crippen LogP contribution in [0.3, 0.4) is 0 Å². The van der Waals surface area contributed by atoms with Gasteiger partial charge in [-0.1, -0.05) is 49.4 Å². The first-order valence-electron chi connectivity index (χ1n) is 5.95. The molecule has 2 aromatic rings. The van der Waals surface area contributed by atoms with Gasteiger partial charge in [0, 0.05) is 11.3 Å². The summed E-state index contributed by atoms with van der Waals surface area (Å²) < 4.78 is 0. The van der Waals surface area contributed by atoms with E-state index < -0.39 is 11.5 Å². The molecule has 0 spiro atoms. The van der Waals surface area contributed by atoms with E-state index in [1.54, 1.807) is 6.92 Å². The van der Waals surface area contributed by atoms with Gasteiger partial charge < -0.3 is 10.2 Å². The summed E-state index contributed by atoms with van der Waals surface area (Å²) in [6, 6.07) is 13.7. The van der Waals surface area contributed by atoms with Gasteiger partial charge in [0.1, 0.15) is 0 Å². The molecule has 0 saturated heterocycles. The lowest BCUT2D eigenvalue weighted by molar-refractivity contribution is 0.00985. The summed E-state index contributed by atoms with van der Waals surface area (Å²) in [4.78, 5) is 0. The van der Waals surface area contributed by atoms with E-state index in [0.717, 1.165) is 16.3 Å². The van der Waals surface area contributed by atoms with Gasteiger partial charge in [-0.15, -0.1) is 11.6 Å². The van der Waals surface area contributed by atoms with Gasteiger partial charge in [0.2, 0.25) is 0 Å². The fourth-order valence-electron chi connectivity index (χ4n) is 2.07. The number of aliphatic hydroxyl groups excluding tert-OH is 2. The minimum absolute atomic E-state index is 0.152. The molecule has 2 N–H and O–H groups in total. The highest BCUT2D eigenvalue weighted by atomic mass is 35.5. The summed E-state index contributed by atoms with van der Waals surface area (Å²) >= 11 is 5.88. The first-order chi connectivity index (χ1) is 8.62. The Balaban J connectivity index is 2.54. The van der Waals surface area contributed by atoms with Gasteiger partial charge in [-0.25, -0.2) is 0 Å². The highest BCUT2D eigenvalue weighted by Gasteiger charge is 2.33. The first kappa shape index (κ1) is 13.3. The molecule has 0 aliphatic carbocycles. The normalized spacial score (nSPS) is 16.4. The minimum Gasteiger partial charge on any atom is -0.396 e. The zero-order valence-corrected chi connectivity index (χ0v) is 11.1. The van der Waals surface area contributed by atoms with Crippen LogP contribution in [0, 0.1) is 5.41 Å². The fourth-order valence-corrected chi connectivity index (χ4v) is 2.30. The van der Waals surface area contributed by atoms with Crippen molar-refractivity contribution in [1.82, 2.24) is 0 Å². The van der Waals surface area contributed by atoms with Crippen LogP contribution >= 0.6 is 11.6 Å². The van der Waals surface area contributed by atoms with Crippen molar-refractivity contribution < 1.29 is 10.2 Å². The van der Waals surface area contributed by atoms with E-state index in [1.165, 1.54) is 0 Å². The Labute approximate surface area is 112 Å². The maximum Gasteiger partial charge on any atom is 0.0883 e. The third kappa shape index (κ3) is 2.24. The number of fused-ring (bicyclic) bond motifs is 1. The Kier molecular flexibility index (Phi) is 3.91. The lowest BCUT2D eigenvalue weighted by atomic mass is 9.81. The molecule has 3 heteroatoms. The minimum atomic E-state index is -0.786. The molecular formula is C15H17ClO2. The van der Waals surface area contributed by atoms with Crippen LogP contribution in [0.5, 0.6) is 0 Å². The SMILES string of the molecule is C[C@](CO)(CCl)[C@@H](O)c1cccc2ccccc12. The standard InChI is InChI=1S/C15H17ClO2/c1-15(9-16,10-17)14(18)13-8-4-6-11-5-2-3-7-12(11)13/h2-8,14,17-18H,9-10H2,1H3/t14-,15+/m0/s1. The summed E-state index contributed by atoms with van der Waals surface area (Å²) in [6.07, 6.45) is -0.786. The molecule has 0 fully saturated rings. The molecule has 0 aliphatic rings. The van der Waals surface area contributed by atoms with Crippen LogP contribution in [-0.4, -0.2) is 22.7 Å². The number of alkyl halides is 1. The van der Waals surface area contributed by atoms with Crippen molar-refractivity contribution in [2.24, 2.45) is 5.41 Å². The molecule has 2 rings (SSSR count). The van der Waals surface area contributed by atoms with Gasteiger partial charge >= 0.3 is 0 Å². The number of aliphatic hydroxyl groups is 2. The van der Waals surface area contributed by atoms with Crippen molar-refractivity contribution in [3.63, 3.8) is 0 Å². The van der Waals surface area contributed by atoms with E-state index in [-0.39, 0.29) is 12.5 Å². The van der Waals surface area contributed by atoms with Crippen molar-refractivity contribution in [1.29, 1.82) is 0 Å². The average Bonchev–Trinajstić information content (AvgIpc) is 2.45. The quantitative estimate of drug-likeness (QED) is 0.833. The van der Waals surface area contributed by atoms with Crippen molar-refractivity contribution in [2.75, 3.05) is 12.5 Å². The summed E-state index contributed by atoms with van der Waals surface area (Å²) in [6.45, 7) is 1.63. The van der Waals surface area contributed by atoms with Crippen LogP contribution in [-0.2, 0) is 0 Å². The highest BCUT2D eigenvalue weighted by molar-refractivity contribution is 6.18. The Morgan fingerprint density at radius 1 is 1.17 bits per heavy atom. The van der Waals surface area contributed by atoms with E-state index in [2.05, 4.69) is 0 Å². The molecule has 0 heterocycles. The number of benzene rings is 2. The van der Waals surface area contributed by atoms with E-state index in [4.69, 9.17) is 11.6 Å². The van der Waals surface area contributed by atoms with Crippen LogP contribution < -0.4 is 0 Å². The zero-order chi connectivity index (χ0) is 13.2. The van der Waals surface area contributed by atoms with Crippen LogP contribution in [0.4, 0.5) is 0 Å². The number of hydrogen-bond acceptors (Lipinski definition) is 2. The van der Waals surface area contributed by atoms with Crippen LogP contribution in [0.25, 0.3) is 10.8 Å². The molecule has 2 atom stereocenters. The number of rotatable bonds is 4. The molecule has 0 radical (unpaired) electrons. The molecule has 0 amide bonds. The topological polar surface area (TPSA) is 40.5 Å². The average molecular weight is 265 g/mol. The van der Waals surface area contributed by atoms with Gasteiger partial charge in [0.15, 0.2) is 0 Å². The number of hydrogen-bond donors (Lipinski definition) is 2. The highest BCUT2D eigenvalue weighted by Crippen LogP contribution is 2.37. The molecule has 96 valence electrons. The summed E-state index contributed by atoms with van der Waals surface area (Å²) in [5.74, 6) is 0.202. The molecule has 0 bridgehead atoms. The molecule has 2 aromatic carbocycles. The van der Waals surface area contributed by atoms with Crippen molar-refractivity contribution in [2.45, 2.75) is 13.0 Å². The summed E-state index contributed by atoms with van der Waals surface area (Å²) in [7, 11) is 0. The fraction of sp³-hybridized carbons (Fsp3) is 0.333. The van der Waals surface area contributed by atoms with Crippen molar-refractivity contribution >= 4 is 22.4 Å². The van der Waals surface area contributed by atoms with Gasteiger partial charge in [0.05, 0.1) is 12.7 Å². The second-order valence-corrected chi connectivity index (χ2v) is 5.18. The van der Waals surface area contributed by atoms with Crippen LogP contribution in [0.2, 0.25) is 0 Å². The maximum absolute atomic E-state index is 10.5. The second-order valence-electron chi connectivity index (χ2n) is 4.92. The van der Waals surface area contributed by atoms with Gasteiger partial charge in [-0.3, -0.25) is 0 Å². The molecule has 0 saturated carbocycles. The van der Waals surface area contributed by atoms with Gasteiger partial charge in [0.25, 0.3) is 0 Å². The van der Waals surface area contributed by atoms with E-state index in [9.17, 15) is 10.2 Å². The maximum atomic E-state index is 10.5. The molecule has 2 nitrogen and oxygen atoms in total. The Morgan fingerprint density at radius 2 is 1.83 bits per heavy atom. The smallest absolute Gasteiger partial charge is 0.0883 e. The predicted molar refractivity (Wildman–Crippen MR) is 74.8 cm³/mol. The largest absolute Gasteiger partial charge is 0.396 e. The Hall–Kier alpha value is -1.09. The van der Waals surface area contributed by atoms with E-state index in [0.29, 0.717) is 0 Å². The van der Waals surface area contributed by atoms with Crippen molar-refractivity contribution in [3.8, 4) is 0 Å². The third-order valence-corrected chi connectivity index (χ3v) is 4.06.